The number of amides is 1. The van der Waals surface area contributed by atoms with Gasteiger partial charge in [-0.1, -0.05) is 37.5 Å². The molecular formula is C18H25NO3. The van der Waals surface area contributed by atoms with E-state index < -0.39 is 0 Å². The molecule has 3 rings (SSSR count). The van der Waals surface area contributed by atoms with Gasteiger partial charge in [-0.15, -0.1) is 0 Å². The minimum atomic E-state index is 0.00738. The number of nitrogens with one attached hydrogen (secondary N) is 1. The van der Waals surface area contributed by atoms with Crippen molar-refractivity contribution < 1.29 is 14.3 Å². The molecule has 0 aliphatic heterocycles. The number of hydrogen-bond donors (Lipinski definition) is 1. The lowest BCUT2D eigenvalue weighted by Gasteiger charge is -2.21. The summed E-state index contributed by atoms with van der Waals surface area (Å²) in [6.07, 6.45) is 7.21. The molecule has 2 atom stereocenters. The molecule has 0 aromatic heterocycles. The molecule has 0 spiro atoms. The van der Waals surface area contributed by atoms with Gasteiger partial charge in [-0.2, -0.15) is 0 Å². The first-order valence-corrected chi connectivity index (χ1v) is 8.32. The zero-order chi connectivity index (χ0) is 15.4. The van der Waals surface area contributed by atoms with Crippen LogP contribution in [0.2, 0.25) is 0 Å². The molecule has 2 saturated carbocycles. The summed E-state index contributed by atoms with van der Waals surface area (Å²) >= 11 is 0. The monoisotopic (exact) mass is 303 g/mol. The number of rotatable bonds is 6. The Morgan fingerprint density at radius 2 is 2.00 bits per heavy atom. The highest BCUT2D eigenvalue weighted by atomic mass is 16.5. The molecule has 2 aliphatic rings. The Bertz CT molecular complexity index is 511. The van der Waals surface area contributed by atoms with Crippen LogP contribution in [0.4, 0.5) is 0 Å². The van der Waals surface area contributed by atoms with Crippen LogP contribution in [0.3, 0.4) is 0 Å². The Hall–Kier alpha value is -1.55. The second kappa shape index (κ2) is 7.14. The Balaban J connectivity index is 1.43. The van der Waals surface area contributed by atoms with Gasteiger partial charge in [0.05, 0.1) is 13.2 Å². The summed E-state index contributed by atoms with van der Waals surface area (Å²) in [6, 6.07) is 8.25. The zero-order valence-corrected chi connectivity index (χ0v) is 13.2. The highest BCUT2D eigenvalue weighted by Gasteiger charge is 2.41. The minimum absolute atomic E-state index is 0.00738. The Morgan fingerprint density at radius 1 is 1.23 bits per heavy atom. The highest BCUT2D eigenvalue weighted by molar-refractivity contribution is 5.78. The maximum Gasteiger partial charge on any atom is 0.246 e. The van der Waals surface area contributed by atoms with E-state index >= 15 is 0 Å². The van der Waals surface area contributed by atoms with Crippen LogP contribution in [0, 0.1) is 0 Å². The first kappa shape index (κ1) is 15.3. The highest BCUT2D eigenvalue weighted by Crippen LogP contribution is 2.44. The van der Waals surface area contributed by atoms with Crippen LogP contribution >= 0.6 is 0 Å². The van der Waals surface area contributed by atoms with Gasteiger partial charge in [-0.25, -0.2) is 0 Å². The van der Waals surface area contributed by atoms with Gasteiger partial charge in [0, 0.05) is 12.0 Å². The number of para-hydroxylation sites is 1. The van der Waals surface area contributed by atoms with E-state index in [-0.39, 0.29) is 24.7 Å². The van der Waals surface area contributed by atoms with Crippen LogP contribution < -0.4 is 10.1 Å². The fourth-order valence-corrected chi connectivity index (χ4v) is 3.34. The lowest BCUT2D eigenvalue weighted by atomic mass is 9.98. The molecule has 1 N–H and O–H groups in total. The van der Waals surface area contributed by atoms with Gasteiger partial charge in [-0.3, -0.25) is 4.79 Å². The van der Waals surface area contributed by atoms with Crippen molar-refractivity contribution in [1.82, 2.24) is 5.32 Å². The molecule has 2 fully saturated rings. The van der Waals surface area contributed by atoms with E-state index in [1.54, 1.807) is 7.11 Å². The van der Waals surface area contributed by atoms with Crippen molar-refractivity contribution in [2.75, 3.05) is 13.7 Å². The van der Waals surface area contributed by atoms with Crippen molar-refractivity contribution in [3.63, 3.8) is 0 Å². The molecule has 0 saturated heterocycles. The average molecular weight is 303 g/mol. The third-order valence-electron chi connectivity index (χ3n) is 4.68. The van der Waals surface area contributed by atoms with Gasteiger partial charge in [0.15, 0.2) is 0 Å². The SMILES string of the molecule is COc1ccccc1[C@H]1C[C@H]1NC(=O)COC1CCCCC1. The smallest absolute Gasteiger partial charge is 0.246 e. The topological polar surface area (TPSA) is 47.6 Å². The summed E-state index contributed by atoms with van der Waals surface area (Å²) in [4.78, 5) is 12.0. The molecule has 22 heavy (non-hydrogen) atoms. The minimum Gasteiger partial charge on any atom is -0.496 e. The van der Waals surface area contributed by atoms with Crippen LogP contribution in [0.1, 0.15) is 50.0 Å². The maximum absolute atomic E-state index is 12.0. The zero-order valence-electron chi connectivity index (χ0n) is 13.2. The lowest BCUT2D eigenvalue weighted by Crippen LogP contribution is -2.32. The van der Waals surface area contributed by atoms with Gasteiger partial charge >= 0.3 is 0 Å². The maximum atomic E-state index is 12.0. The summed E-state index contributed by atoms with van der Waals surface area (Å²) < 4.78 is 11.1. The number of carbonyl (C=O) groups excluding carboxylic acids is 1. The molecule has 0 unspecified atom stereocenters. The molecule has 0 bridgehead atoms. The first-order chi connectivity index (χ1) is 10.8. The molecule has 0 heterocycles. The van der Waals surface area contributed by atoms with Gasteiger partial charge in [0.2, 0.25) is 5.91 Å². The number of benzene rings is 1. The third kappa shape index (κ3) is 3.80. The molecule has 1 aromatic carbocycles. The number of carbonyl (C=O) groups is 1. The van der Waals surface area contributed by atoms with Crippen molar-refractivity contribution in [1.29, 1.82) is 0 Å². The van der Waals surface area contributed by atoms with E-state index in [1.807, 2.05) is 18.2 Å². The van der Waals surface area contributed by atoms with E-state index in [0.29, 0.717) is 5.92 Å². The summed E-state index contributed by atoms with van der Waals surface area (Å²) in [7, 11) is 1.69. The summed E-state index contributed by atoms with van der Waals surface area (Å²) in [5.41, 5.74) is 1.18. The number of ether oxygens (including phenoxy) is 2. The van der Waals surface area contributed by atoms with Crippen LogP contribution in [-0.2, 0) is 9.53 Å². The number of hydrogen-bond acceptors (Lipinski definition) is 3. The average Bonchev–Trinajstić information content (AvgIpc) is 3.32. The second-order valence-electron chi connectivity index (χ2n) is 6.33. The van der Waals surface area contributed by atoms with Gasteiger partial charge in [0.25, 0.3) is 0 Å². The molecule has 2 aliphatic carbocycles. The quantitative estimate of drug-likeness (QED) is 0.879. The molecule has 4 heteroatoms. The summed E-state index contributed by atoms with van der Waals surface area (Å²) in [5.74, 6) is 1.28. The van der Waals surface area contributed by atoms with Crippen molar-refractivity contribution >= 4 is 5.91 Å². The predicted molar refractivity (Wildman–Crippen MR) is 85.1 cm³/mol. The molecule has 1 aromatic rings. The fourth-order valence-electron chi connectivity index (χ4n) is 3.34. The van der Waals surface area contributed by atoms with E-state index in [0.717, 1.165) is 25.0 Å². The van der Waals surface area contributed by atoms with Crippen molar-refractivity contribution in [2.45, 2.75) is 56.6 Å². The lowest BCUT2D eigenvalue weighted by molar-refractivity contribution is -0.128. The Labute approximate surface area is 132 Å². The first-order valence-electron chi connectivity index (χ1n) is 8.32. The van der Waals surface area contributed by atoms with Gasteiger partial charge in [-0.05, 0) is 30.9 Å². The van der Waals surface area contributed by atoms with E-state index in [1.165, 1.54) is 24.8 Å². The third-order valence-corrected chi connectivity index (χ3v) is 4.68. The molecule has 0 radical (unpaired) electrons. The predicted octanol–water partition coefficient (Wildman–Crippen LogP) is 3.02. The van der Waals surface area contributed by atoms with Crippen LogP contribution in [0.15, 0.2) is 24.3 Å². The molecule has 120 valence electrons. The Kier molecular flexibility index (Phi) is 4.98. The number of methoxy groups -OCH3 is 1. The summed E-state index contributed by atoms with van der Waals surface area (Å²) in [6.45, 7) is 0.194. The van der Waals surface area contributed by atoms with Gasteiger partial charge < -0.3 is 14.8 Å². The van der Waals surface area contributed by atoms with Gasteiger partial charge in [0.1, 0.15) is 12.4 Å². The van der Waals surface area contributed by atoms with Crippen molar-refractivity contribution in [2.24, 2.45) is 0 Å². The van der Waals surface area contributed by atoms with Crippen LogP contribution in [-0.4, -0.2) is 31.8 Å². The Morgan fingerprint density at radius 3 is 2.77 bits per heavy atom. The van der Waals surface area contributed by atoms with E-state index in [4.69, 9.17) is 9.47 Å². The van der Waals surface area contributed by atoms with E-state index in [2.05, 4.69) is 11.4 Å². The molecular weight excluding hydrogens is 278 g/mol. The van der Waals surface area contributed by atoms with Crippen LogP contribution in [0.5, 0.6) is 5.75 Å². The summed E-state index contributed by atoms with van der Waals surface area (Å²) in [5, 5.41) is 3.07. The van der Waals surface area contributed by atoms with Crippen molar-refractivity contribution in [3.8, 4) is 5.75 Å². The van der Waals surface area contributed by atoms with Crippen LogP contribution in [0.25, 0.3) is 0 Å². The standard InChI is InChI=1S/C18H25NO3/c1-21-17-10-6-5-9-14(17)15-11-16(15)19-18(20)12-22-13-7-3-2-4-8-13/h5-6,9-10,13,15-16H,2-4,7-8,11-12H2,1H3,(H,19,20)/t15-,16-/m1/s1. The second-order valence-corrected chi connectivity index (χ2v) is 6.33. The largest absolute Gasteiger partial charge is 0.496 e. The fraction of sp³-hybridized carbons (Fsp3) is 0.611. The van der Waals surface area contributed by atoms with Crippen molar-refractivity contribution in [3.05, 3.63) is 29.8 Å². The molecule has 1 amide bonds. The molecule has 4 nitrogen and oxygen atoms in total. The normalized spacial score (nSPS) is 24.8. The van der Waals surface area contributed by atoms with E-state index in [9.17, 15) is 4.79 Å².